The molecule has 0 spiro atoms. The van der Waals surface area contributed by atoms with Gasteiger partial charge in [-0.2, -0.15) is 0 Å². The second kappa shape index (κ2) is 3.06. The Bertz CT molecular complexity index is 504. The Morgan fingerprint density at radius 2 is 1.71 bits per heavy atom. The first-order chi connectivity index (χ1) is 6.41. The van der Waals surface area contributed by atoms with E-state index in [1.54, 1.807) is 0 Å². The second-order valence-electron chi connectivity index (χ2n) is 2.39. The molecule has 1 aliphatic rings. The van der Waals surface area contributed by atoms with Crippen LogP contribution in [-0.2, 0) is 10.4 Å². The van der Waals surface area contributed by atoms with Crippen LogP contribution in [0.3, 0.4) is 0 Å². The molecule has 14 heavy (non-hydrogen) atoms. The fraction of sp³-hybridized carbons (Fsp3) is 0. The van der Waals surface area contributed by atoms with Gasteiger partial charge >= 0.3 is 10.4 Å². The minimum absolute atomic E-state index is 0.0192. The first-order valence-corrected chi connectivity index (χ1v) is 5.69. The zero-order valence-corrected chi connectivity index (χ0v) is 9.34. The Morgan fingerprint density at radius 3 is 2.36 bits per heavy atom. The van der Waals surface area contributed by atoms with Crippen LogP contribution in [0.1, 0.15) is 0 Å². The van der Waals surface area contributed by atoms with E-state index in [2.05, 4.69) is 8.37 Å². The van der Waals surface area contributed by atoms with Gasteiger partial charge in [-0.1, -0.05) is 34.8 Å². The van der Waals surface area contributed by atoms with Gasteiger partial charge in [0, 0.05) is 6.07 Å². The third kappa shape index (κ3) is 1.50. The fourth-order valence-corrected chi connectivity index (χ4v) is 2.46. The molecule has 4 nitrogen and oxygen atoms in total. The summed E-state index contributed by atoms with van der Waals surface area (Å²) in [6.07, 6.45) is 0. The van der Waals surface area contributed by atoms with Crippen molar-refractivity contribution >= 4 is 45.2 Å². The highest BCUT2D eigenvalue weighted by atomic mass is 35.5. The molecule has 1 heterocycles. The van der Waals surface area contributed by atoms with Gasteiger partial charge in [0.2, 0.25) is 0 Å². The van der Waals surface area contributed by atoms with Crippen molar-refractivity contribution in [1.82, 2.24) is 0 Å². The van der Waals surface area contributed by atoms with Gasteiger partial charge in [0.1, 0.15) is 10.0 Å². The van der Waals surface area contributed by atoms with Crippen molar-refractivity contribution in [2.75, 3.05) is 0 Å². The zero-order valence-electron chi connectivity index (χ0n) is 6.25. The molecule has 1 aliphatic heterocycles. The minimum Gasteiger partial charge on any atom is -0.351 e. The molecule has 0 amide bonds. The Labute approximate surface area is 94.6 Å². The average Bonchev–Trinajstić information content (AvgIpc) is 2.06. The molecular formula is C6HCl3O4S. The minimum atomic E-state index is -4.12. The largest absolute Gasteiger partial charge is 0.501 e. The van der Waals surface area contributed by atoms with Crippen molar-refractivity contribution in [2.24, 2.45) is 0 Å². The summed E-state index contributed by atoms with van der Waals surface area (Å²) in [5.41, 5.74) is 0. The van der Waals surface area contributed by atoms with E-state index in [0.717, 1.165) is 0 Å². The number of rotatable bonds is 0. The summed E-state index contributed by atoms with van der Waals surface area (Å²) in [7, 11) is -4.12. The fourth-order valence-electron chi connectivity index (χ4n) is 0.921. The van der Waals surface area contributed by atoms with Crippen LogP contribution in [0.2, 0.25) is 15.1 Å². The van der Waals surface area contributed by atoms with Gasteiger partial charge in [-0.25, -0.2) is 0 Å². The van der Waals surface area contributed by atoms with Gasteiger partial charge in [-0.05, 0) is 0 Å². The van der Waals surface area contributed by atoms with Crippen molar-refractivity contribution in [2.45, 2.75) is 0 Å². The van der Waals surface area contributed by atoms with Gasteiger partial charge in [0.15, 0.2) is 11.5 Å². The van der Waals surface area contributed by atoms with Crippen LogP contribution in [0.4, 0.5) is 0 Å². The van der Waals surface area contributed by atoms with Crippen LogP contribution >= 0.6 is 34.8 Å². The molecule has 0 saturated heterocycles. The monoisotopic (exact) mass is 274 g/mol. The predicted molar refractivity (Wildman–Crippen MR) is 51.6 cm³/mol. The highest BCUT2D eigenvalue weighted by molar-refractivity contribution is 7.82. The first kappa shape index (κ1) is 10.2. The zero-order chi connectivity index (χ0) is 10.5. The van der Waals surface area contributed by atoms with Gasteiger partial charge in [-0.3, -0.25) is 0 Å². The van der Waals surface area contributed by atoms with E-state index < -0.39 is 10.4 Å². The van der Waals surface area contributed by atoms with Crippen LogP contribution in [0.25, 0.3) is 0 Å². The SMILES string of the molecule is O=S1(=O)Oc2cc(Cl)c(Cl)c(c2Cl)O1. The van der Waals surface area contributed by atoms with Gasteiger partial charge in [0.05, 0.1) is 5.02 Å². The van der Waals surface area contributed by atoms with Crippen LogP contribution in [0, 0.1) is 0 Å². The van der Waals surface area contributed by atoms with E-state index >= 15 is 0 Å². The summed E-state index contributed by atoms with van der Waals surface area (Å²) < 4.78 is 30.8. The Hall–Kier alpha value is -0.360. The van der Waals surface area contributed by atoms with Crippen molar-refractivity contribution in [3.63, 3.8) is 0 Å². The molecule has 0 unspecified atom stereocenters. The lowest BCUT2D eigenvalue weighted by Gasteiger charge is -2.18. The molecule has 0 atom stereocenters. The maximum atomic E-state index is 11.0. The predicted octanol–water partition coefficient (Wildman–Crippen LogP) is 2.66. The quantitative estimate of drug-likeness (QED) is 0.683. The molecule has 0 N–H and O–H groups in total. The number of hydrogen-bond donors (Lipinski definition) is 0. The Balaban J connectivity index is 2.76. The Kier molecular flexibility index (Phi) is 2.23. The van der Waals surface area contributed by atoms with Gasteiger partial charge < -0.3 is 8.37 Å². The third-order valence-electron chi connectivity index (χ3n) is 1.46. The van der Waals surface area contributed by atoms with Crippen LogP contribution in [-0.4, -0.2) is 8.42 Å². The first-order valence-electron chi connectivity index (χ1n) is 3.22. The summed E-state index contributed by atoms with van der Waals surface area (Å²) >= 11 is 17.0. The topological polar surface area (TPSA) is 52.6 Å². The number of benzene rings is 1. The van der Waals surface area contributed by atoms with Crippen molar-refractivity contribution in [3.8, 4) is 11.5 Å². The van der Waals surface area contributed by atoms with E-state index in [1.165, 1.54) is 6.07 Å². The van der Waals surface area contributed by atoms with Crippen molar-refractivity contribution < 1.29 is 16.8 Å². The molecule has 76 valence electrons. The van der Waals surface area contributed by atoms with E-state index in [4.69, 9.17) is 34.8 Å². The molecule has 8 heteroatoms. The van der Waals surface area contributed by atoms with Crippen LogP contribution in [0.5, 0.6) is 11.5 Å². The summed E-state index contributed by atoms with van der Waals surface area (Å²) in [5.74, 6) is -0.301. The molecule has 1 aromatic carbocycles. The maximum absolute atomic E-state index is 11.0. The van der Waals surface area contributed by atoms with Gasteiger partial charge in [0.25, 0.3) is 0 Å². The summed E-state index contributed by atoms with van der Waals surface area (Å²) in [5, 5.41) is 0.0254. The molecule has 2 rings (SSSR count). The summed E-state index contributed by atoms with van der Waals surface area (Å²) in [4.78, 5) is 0. The standard InChI is InChI=1S/C6HCl3O4S/c7-2-1-3-5(9)6(4(2)8)13-14(10,11)12-3/h1H. The lowest BCUT2D eigenvalue weighted by molar-refractivity contribution is 0.379. The molecule has 0 aromatic heterocycles. The lowest BCUT2D eigenvalue weighted by atomic mass is 10.3. The molecule has 2 bridgehead atoms. The normalized spacial score (nSPS) is 17.1. The second-order valence-corrected chi connectivity index (χ2v) is 4.70. The van der Waals surface area contributed by atoms with Crippen LogP contribution < -0.4 is 8.37 Å². The number of hydrogen-bond acceptors (Lipinski definition) is 4. The maximum Gasteiger partial charge on any atom is 0.501 e. The lowest BCUT2D eigenvalue weighted by Crippen LogP contribution is -2.20. The van der Waals surface area contributed by atoms with E-state index in [1.807, 2.05) is 0 Å². The molecular weight excluding hydrogens is 274 g/mol. The van der Waals surface area contributed by atoms with E-state index in [-0.39, 0.29) is 26.6 Å². The molecule has 0 fully saturated rings. The Morgan fingerprint density at radius 1 is 1.07 bits per heavy atom. The molecule has 0 radical (unpaired) electrons. The number of fused-ring (bicyclic) bond motifs is 2. The third-order valence-corrected chi connectivity index (χ3v) is 3.34. The molecule has 1 aromatic rings. The summed E-state index contributed by atoms with van der Waals surface area (Å²) in [6.45, 7) is 0. The highest BCUT2D eigenvalue weighted by Crippen LogP contribution is 2.47. The average molecular weight is 275 g/mol. The van der Waals surface area contributed by atoms with E-state index in [9.17, 15) is 8.42 Å². The van der Waals surface area contributed by atoms with Crippen molar-refractivity contribution in [3.05, 3.63) is 21.1 Å². The summed E-state index contributed by atoms with van der Waals surface area (Å²) in [6, 6.07) is 1.20. The van der Waals surface area contributed by atoms with E-state index in [0.29, 0.717) is 0 Å². The number of halogens is 3. The van der Waals surface area contributed by atoms with Crippen LogP contribution in [0.15, 0.2) is 6.07 Å². The molecule has 0 aliphatic carbocycles. The molecule has 0 saturated carbocycles. The highest BCUT2D eigenvalue weighted by Gasteiger charge is 2.31. The smallest absolute Gasteiger partial charge is 0.351 e. The van der Waals surface area contributed by atoms with Gasteiger partial charge in [-0.15, -0.1) is 8.42 Å². The van der Waals surface area contributed by atoms with Crippen molar-refractivity contribution in [1.29, 1.82) is 0 Å².